The number of anilines is 2. The van der Waals surface area contributed by atoms with Gasteiger partial charge in [-0.25, -0.2) is 9.18 Å². The van der Waals surface area contributed by atoms with Crippen LogP contribution in [-0.2, 0) is 4.79 Å². The molecule has 2 N–H and O–H groups in total. The van der Waals surface area contributed by atoms with E-state index < -0.39 is 41.7 Å². The summed E-state index contributed by atoms with van der Waals surface area (Å²) >= 11 is 0. The van der Waals surface area contributed by atoms with Crippen molar-refractivity contribution >= 4 is 28.1 Å². The minimum Gasteiger partial charge on any atom is -0.371 e. The van der Waals surface area contributed by atoms with Crippen molar-refractivity contribution in [2.45, 2.75) is 50.4 Å². The van der Waals surface area contributed by atoms with Crippen molar-refractivity contribution in [2.75, 3.05) is 16.8 Å². The number of para-hydroxylation sites is 1. The Balaban J connectivity index is 1.70. The highest BCUT2D eigenvalue weighted by atomic mass is 19.4. The van der Waals surface area contributed by atoms with Crippen molar-refractivity contribution in [1.82, 2.24) is 5.16 Å². The van der Waals surface area contributed by atoms with Gasteiger partial charge in [0, 0.05) is 17.1 Å². The van der Waals surface area contributed by atoms with Crippen LogP contribution in [0, 0.1) is 12.7 Å². The maximum atomic E-state index is 14.6. The van der Waals surface area contributed by atoms with E-state index in [4.69, 9.17) is 0 Å². The van der Waals surface area contributed by atoms with E-state index in [1.807, 2.05) is 0 Å². The van der Waals surface area contributed by atoms with E-state index in [0.717, 1.165) is 23.8 Å². The first kappa shape index (κ1) is 24.6. The Hall–Kier alpha value is -3.47. The van der Waals surface area contributed by atoms with Crippen LogP contribution in [0.25, 0.3) is 10.8 Å². The summed E-state index contributed by atoms with van der Waals surface area (Å²) in [6.07, 6.45) is -2.88. The molecule has 1 fully saturated rings. The molecular formula is C24H23F4N3O4. The molecule has 1 aliphatic carbocycles. The van der Waals surface area contributed by atoms with E-state index in [2.05, 4.69) is 15.0 Å². The van der Waals surface area contributed by atoms with E-state index >= 15 is 0 Å². The lowest BCUT2D eigenvalue weighted by atomic mass is 9.98. The molecule has 1 unspecified atom stereocenters. The molecule has 1 aromatic heterocycles. The Labute approximate surface area is 197 Å². The standard InChI is InChI=1S/C24H23F4N3O4/c1-14-18-12-15(10-11-17(18)21(32)35-30-14)29-22(33)23(34,24(26,27)28)13-31(16-6-2-3-7-16)20-9-5-4-8-19(20)25/h4-5,8-12,16,34H,2-3,6-7,13H2,1H3,(H,29,33). The second-order valence-corrected chi connectivity index (χ2v) is 8.65. The van der Waals surface area contributed by atoms with E-state index in [1.165, 1.54) is 43.3 Å². The molecule has 0 saturated heterocycles. The Kier molecular flexibility index (Phi) is 6.54. The summed E-state index contributed by atoms with van der Waals surface area (Å²) in [5.74, 6) is -2.47. The highest BCUT2D eigenvalue weighted by Gasteiger charge is 2.61. The number of aryl methyl sites for hydroxylation is 1. The third-order valence-electron chi connectivity index (χ3n) is 6.32. The summed E-state index contributed by atoms with van der Waals surface area (Å²) in [7, 11) is 0. The van der Waals surface area contributed by atoms with Gasteiger partial charge in [-0.05, 0) is 50.1 Å². The number of carbonyl (C=O) groups is 1. The van der Waals surface area contributed by atoms with Crippen molar-refractivity contribution in [3.05, 3.63) is 64.4 Å². The fourth-order valence-electron chi connectivity index (χ4n) is 4.39. The number of amides is 1. The Morgan fingerprint density at radius 1 is 1.17 bits per heavy atom. The smallest absolute Gasteiger partial charge is 0.371 e. The number of benzene rings is 2. The van der Waals surface area contributed by atoms with Crippen LogP contribution in [0.3, 0.4) is 0 Å². The highest BCUT2D eigenvalue weighted by Crippen LogP contribution is 2.37. The summed E-state index contributed by atoms with van der Waals surface area (Å²) in [5, 5.41) is 16.9. The van der Waals surface area contributed by atoms with Gasteiger partial charge in [0.2, 0.25) is 0 Å². The minimum absolute atomic E-state index is 0.0843. The van der Waals surface area contributed by atoms with Crippen LogP contribution in [-0.4, -0.2) is 40.5 Å². The summed E-state index contributed by atoms with van der Waals surface area (Å²) < 4.78 is 61.8. The van der Waals surface area contributed by atoms with Crippen molar-refractivity contribution in [3.63, 3.8) is 0 Å². The Bertz CT molecular complexity index is 1300. The largest absolute Gasteiger partial charge is 0.428 e. The van der Waals surface area contributed by atoms with Gasteiger partial charge in [-0.3, -0.25) is 4.79 Å². The molecule has 1 amide bonds. The molecule has 11 heteroatoms. The zero-order valence-corrected chi connectivity index (χ0v) is 18.7. The fourth-order valence-corrected chi connectivity index (χ4v) is 4.39. The van der Waals surface area contributed by atoms with Gasteiger partial charge in [0.05, 0.1) is 23.3 Å². The topological polar surface area (TPSA) is 95.7 Å². The van der Waals surface area contributed by atoms with Crippen LogP contribution in [0.5, 0.6) is 0 Å². The van der Waals surface area contributed by atoms with E-state index in [-0.39, 0.29) is 27.8 Å². The van der Waals surface area contributed by atoms with E-state index in [9.17, 15) is 32.3 Å². The molecule has 0 bridgehead atoms. The molecule has 3 aromatic rings. The van der Waals surface area contributed by atoms with Gasteiger partial charge in [0.25, 0.3) is 11.5 Å². The molecule has 1 heterocycles. The highest BCUT2D eigenvalue weighted by molar-refractivity contribution is 6.00. The maximum Gasteiger partial charge on any atom is 0.428 e. The molecule has 1 aliphatic rings. The zero-order chi connectivity index (χ0) is 25.4. The average Bonchev–Trinajstić information content (AvgIpc) is 3.34. The number of fused-ring (bicyclic) bond motifs is 1. The van der Waals surface area contributed by atoms with Crippen molar-refractivity contribution in [2.24, 2.45) is 0 Å². The summed E-state index contributed by atoms with van der Waals surface area (Å²) in [6, 6.07) is 8.64. The van der Waals surface area contributed by atoms with Crippen LogP contribution >= 0.6 is 0 Å². The number of rotatable bonds is 6. The average molecular weight is 493 g/mol. The zero-order valence-electron chi connectivity index (χ0n) is 18.7. The number of nitrogens with zero attached hydrogens (tertiary/aromatic N) is 2. The maximum absolute atomic E-state index is 14.6. The van der Waals surface area contributed by atoms with Gasteiger partial charge in [-0.1, -0.05) is 30.1 Å². The lowest BCUT2D eigenvalue weighted by Crippen LogP contribution is -2.62. The molecule has 186 valence electrons. The molecule has 2 aromatic carbocycles. The summed E-state index contributed by atoms with van der Waals surface area (Å²) in [4.78, 5) is 25.9. The Morgan fingerprint density at radius 3 is 2.51 bits per heavy atom. The summed E-state index contributed by atoms with van der Waals surface area (Å²) in [6.45, 7) is 0.336. The molecule has 0 aliphatic heterocycles. The lowest BCUT2D eigenvalue weighted by molar-refractivity contribution is -0.245. The second-order valence-electron chi connectivity index (χ2n) is 8.65. The van der Waals surface area contributed by atoms with Crippen molar-refractivity contribution in [3.8, 4) is 0 Å². The van der Waals surface area contributed by atoms with Crippen molar-refractivity contribution < 1.29 is 32.0 Å². The SMILES string of the molecule is Cc1noc(=O)c2ccc(NC(=O)C(O)(CN(c3ccccc3F)C3CCCC3)C(F)(F)F)cc12. The van der Waals surface area contributed by atoms with Gasteiger partial charge < -0.3 is 19.8 Å². The fraction of sp³-hybridized carbons (Fsp3) is 0.375. The molecule has 0 spiro atoms. The van der Waals surface area contributed by atoms with Crippen LogP contribution in [0.15, 0.2) is 51.8 Å². The third-order valence-corrected chi connectivity index (χ3v) is 6.32. The molecule has 1 atom stereocenters. The predicted molar refractivity (Wildman–Crippen MR) is 121 cm³/mol. The predicted octanol–water partition coefficient (Wildman–Crippen LogP) is 4.32. The normalized spacial score (nSPS) is 16.3. The number of carbonyl (C=O) groups excluding carboxylic acids is 1. The third kappa shape index (κ3) is 4.72. The summed E-state index contributed by atoms with van der Waals surface area (Å²) in [5.41, 5.74) is -4.51. The number of hydrogen-bond donors (Lipinski definition) is 2. The number of aliphatic hydroxyl groups is 1. The van der Waals surface area contributed by atoms with E-state index in [0.29, 0.717) is 12.8 Å². The molecule has 35 heavy (non-hydrogen) atoms. The van der Waals surface area contributed by atoms with Crippen LogP contribution in [0.1, 0.15) is 31.4 Å². The first-order valence-corrected chi connectivity index (χ1v) is 11.0. The molecule has 0 radical (unpaired) electrons. The number of alkyl halides is 3. The number of halogens is 4. The van der Waals surface area contributed by atoms with Crippen LogP contribution in [0.4, 0.5) is 28.9 Å². The first-order chi connectivity index (χ1) is 16.5. The molecular weight excluding hydrogens is 470 g/mol. The van der Waals surface area contributed by atoms with E-state index in [1.54, 1.807) is 0 Å². The lowest BCUT2D eigenvalue weighted by Gasteiger charge is -2.39. The Morgan fingerprint density at radius 2 is 1.86 bits per heavy atom. The minimum atomic E-state index is -5.37. The molecule has 1 saturated carbocycles. The number of nitrogens with one attached hydrogen (secondary N) is 1. The van der Waals surface area contributed by atoms with Gasteiger partial charge in [-0.2, -0.15) is 13.2 Å². The van der Waals surface area contributed by atoms with Gasteiger partial charge in [0.1, 0.15) is 5.82 Å². The quantitative estimate of drug-likeness (QED) is 0.497. The van der Waals surface area contributed by atoms with Crippen LogP contribution < -0.4 is 15.8 Å². The molecule has 7 nitrogen and oxygen atoms in total. The van der Waals surface area contributed by atoms with Crippen molar-refractivity contribution in [1.29, 1.82) is 0 Å². The number of hydrogen-bond acceptors (Lipinski definition) is 6. The monoisotopic (exact) mass is 493 g/mol. The first-order valence-electron chi connectivity index (χ1n) is 11.0. The molecule has 4 rings (SSSR count). The number of aromatic nitrogens is 1. The van der Waals surface area contributed by atoms with Gasteiger partial charge in [-0.15, -0.1) is 0 Å². The van der Waals surface area contributed by atoms with Crippen LogP contribution in [0.2, 0.25) is 0 Å². The van der Waals surface area contributed by atoms with Gasteiger partial charge >= 0.3 is 11.8 Å². The second kappa shape index (κ2) is 9.29. The van der Waals surface area contributed by atoms with Gasteiger partial charge in [0.15, 0.2) is 0 Å².